The lowest BCUT2D eigenvalue weighted by molar-refractivity contribution is 0.505. The monoisotopic (exact) mass is 299 g/mol. The van der Waals surface area contributed by atoms with E-state index in [9.17, 15) is 4.39 Å². The first-order valence-corrected chi connectivity index (χ1v) is 6.24. The highest BCUT2D eigenvalue weighted by atomic mass is 79.9. The first kappa shape index (κ1) is 11.0. The van der Waals surface area contributed by atoms with Crippen molar-refractivity contribution in [1.82, 2.24) is 10.3 Å². The number of rotatable bonds is 1. The van der Waals surface area contributed by atoms with Gasteiger partial charge in [-0.1, -0.05) is 15.9 Å². The Hall–Kier alpha value is -1.14. The minimum absolute atomic E-state index is 0.224. The van der Waals surface area contributed by atoms with E-state index in [0.29, 0.717) is 16.0 Å². The average molecular weight is 300 g/mol. The highest BCUT2D eigenvalue weighted by molar-refractivity contribution is 9.10. The van der Waals surface area contributed by atoms with Gasteiger partial charge in [-0.25, -0.2) is 4.39 Å². The second-order valence-corrected chi connectivity index (χ2v) is 4.89. The molecule has 0 unspecified atom stereocenters. The van der Waals surface area contributed by atoms with Gasteiger partial charge in [-0.3, -0.25) is 0 Å². The molecule has 90 valence electrons. The van der Waals surface area contributed by atoms with E-state index in [1.165, 1.54) is 6.07 Å². The third-order valence-corrected chi connectivity index (χ3v) is 3.24. The van der Waals surface area contributed by atoms with Crippen LogP contribution in [0.15, 0.2) is 21.0 Å². The van der Waals surface area contributed by atoms with Gasteiger partial charge in [0.25, 0.3) is 6.01 Å². The fourth-order valence-corrected chi connectivity index (χ4v) is 2.36. The molecule has 2 heterocycles. The lowest BCUT2D eigenvalue weighted by atomic mass is 10.3. The number of anilines is 1. The molecule has 1 saturated heterocycles. The molecule has 0 spiro atoms. The molecular weight excluding hydrogens is 289 g/mol. The Labute approximate surface area is 106 Å². The van der Waals surface area contributed by atoms with Gasteiger partial charge in [0.15, 0.2) is 11.4 Å². The van der Waals surface area contributed by atoms with Gasteiger partial charge in [0, 0.05) is 30.7 Å². The normalized spacial score (nSPS) is 16.7. The molecule has 0 atom stereocenters. The molecule has 1 aliphatic rings. The molecule has 0 radical (unpaired) electrons. The van der Waals surface area contributed by atoms with Crippen LogP contribution in [0.1, 0.15) is 0 Å². The lowest BCUT2D eigenvalue weighted by Crippen LogP contribution is -2.43. The van der Waals surface area contributed by atoms with Crippen LogP contribution in [0.4, 0.5) is 10.4 Å². The Morgan fingerprint density at radius 2 is 2.12 bits per heavy atom. The fraction of sp³-hybridized carbons (Fsp3) is 0.364. The summed E-state index contributed by atoms with van der Waals surface area (Å²) in [5.41, 5.74) is 0.771. The number of fused-ring (bicyclic) bond motifs is 1. The number of halogens is 2. The molecule has 17 heavy (non-hydrogen) atoms. The van der Waals surface area contributed by atoms with Crippen LogP contribution < -0.4 is 10.2 Å². The molecule has 3 rings (SSSR count). The van der Waals surface area contributed by atoms with Crippen LogP contribution in [0.3, 0.4) is 0 Å². The zero-order chi connectivity index (χ0) is 11.8. The van der Waals surface area contributed by atoms with Gasteiger partial charge in [-0.15, -0.1) is 0 Å². The summed E-state index contributed by atoms with van der Waals surface area (Å²) in [6.07, 6.45) is 0. The van der Waals surface area contributed by atoms with E-state index >= 15 is 0 Å². The van der Waals surface area contributed by atoms with E-state index in [4.69, 9.17) is 4.42 Å². The van der Waals surface area contributed by atoms with Gasteiger partial charge < -0.3 is 14.6 Å². The fourth-order valence-electron chi connectivity index (χ4n) is 1.94. The third kappa shape index (κ3) is 2.02. The van der Waals surface area contributed by atoms with Crippen LogP contribution in [0.2, 0.25) is 0 Å². The predicted molar refractivity (Wildman–Crippen MR) is 66.7 cm³/mol. The lowest BCUT2D eigenvalue weighted by Gasteiger charge is -2.25. The maximum atomic E-state index is 13.6. The average Bonchev–Trinajstić information content (AvgIpc) is 2.74. The molecule has 1 aliphatic heterocycles. The maximum Gasteiger partial charge on any atom is 0.298 e. The van der Waals surface area contributed by atoms with Crippen molar-refractivity contribution in [3.05, 3.63) is 22.4 Å². The molecule has 0 aliphatic carbocycles. The molecule has 0 bridgehead atoms. The quantitative estimate of drug-likeness (QED) is 0.876. The van der Waals surface area contributed by atoms with Gasteiger partial charge in [-0.2, -0.15) is 4.98 Å². The highest BCUT2D eigenvalue weighted by Crippen LogP contribution is 2.27. The van der Waals surface area contributed by atoms with E-state index in [0.717, 1.165) is 26.2 Å². The molecular formula is C11H11BrFN3O. The summed E-state index contributed by atoms with van der Waals surface area (Å²) in [6, 6.07) is 3.64. The van der Waals surface area contributed by atoms with Gasteiger partial charge in [-0.05, 0) is 12.1 Å². The Balaban J connectivity index is 2.03. The first-order chi connectivity index (χ1) is 8.24. The number of benzene rings is 1. The molecule has 1 fully saturated rings. The van der Waals surface area contributed by atoms with E-state index in [-0.39, 0.29) is 11.4 Å². The summed E-state index contributed by atoms with van der Waals surface area (Å²) < 4.78 is 19.8. The topological polar surface area (TPSA) is 41.3 Å². The molecule has 0 amide bonds. The number of oxazole rings is 1. The van der Waals surface area contributed by atoms with Crippen molar-refractivity contribution in [2.24, 2.45) is 0 Å². The maximum absolute atomic E-state index is 13.6. The van der Waals surface area contributed by atoms with Crippen molar-refractivity contribution in [3.63, 3.8) is 0 Å². The van der Waals surface area contributed by atoms with Crippen molar-refractivity contribution in [2.75, 3.05) is 31.1 Å². The number of hydrogen-bond donors (Lipinski definition) is 1. The van der Waals surface area contributed by atoms with Crippen molar-refractivity contribution >= 4 is 33.0 Å². The van der Waals surface area contributed by atoms with E-state index in [1.54, 1.807) is 6.07 Å². The van der Waals surface area contributed by atoms with Crippen molar-refractivity contribution < 1.29 is 8.81 Å². The summed E-state index contributed by atoms with van der Waals surface area (Å²) >= 11 is 3.24. The van der Waals surface area contributed by atoms with Crippen LogP contribution >= 0.6 is 15.9 Å². The largest absolute Gasteiger partial charge is 0.420 e. The third-order valence-electron chi connectivity index (χ3n) is 2.79. The zero-order valence-corrected chi connectivity index (χ0v) is 10.6. The minimum atomic E-state index is -0.386. The summed E-state index contributed by atoms with van der Waals surface area (Å²) in [5, 5.41) is 3.25. The Morgan fingerprint density at radius 1 is 1.35 bits per heavy atom. The summed E-state index contributed by atoms with van der Waals surface area (Å²) in [6.45, 7) is 3.45. The Bertz CT molecular complexity index is 551. The molecule has 0 saturated carbocycles. The molecule has 1 aromatic heterocycles. The summed E-state index contributed by atoms with van der Waals surface area (Å²) in [5.74, 6) is -0.386. The van der Waals surface area contributed by atoms with Crippen LogP contribution in [0.5, 0.6) is 0 Å². The van der Waals surface area contributed by atoms with Gasteiger partial charge in [0.2, 0.25) is 0 Å². The van der Waals surface area contributed by atoms with Crippen molar-refractivity contribution in [2.45, 2.75) is 0 Å². The predicted octanol–water partition coefficient (Wildman–Crippen LogP) is 2.14. The molecule has 1 aromatic carbocycles. The Kier molecular flexibility index (Phi) is 2.76. The van der Waals surface area contributed by atoms with Crippen LogP contribution in [-0.2, 0) is 0 Å². The second-order valence-electron chi connectivity index (χ2n) is 3.97. The number of nitrogens with zero attached hydrogens (tertiary/aromatic N) is 2. The van der Waals surface area contributed by atoms with E-state index < -0.39 is 0 Å². The highest BCUT2D eigenvalue weighted by Gasteiger charge is 2.18. The smallest absolute Gasteiger partial charge is 0.298 e. The number of aromatic nitrogens is 1. The van der Waals surface area contributed by atoms with E-state index in [2.05, 4.69) is 26.2 Å². The molecule has 6 heteroatoms. The second kappa shape index (κ2) is 4.27. The minimum Gasteiger partial charge on any atom is -0.420 e. The number of hydrogen-bond acceptors (Lipinski definition) is 4. The zero-order valence-electron chi connectivity index (χ0n) is 9.04. The summed E-state index contributed by atoms with van der Waals surface area (Å²) in [7, 11) is 0. The molecule has 2 aromatic rings. The van der Waals surface area contributed by atoms with Crippen molar-refractivity contribution in [3.8, 4) is 0 Å². The summed E-state index contributed by atoms with van der Waals surface area (Å²) in [4.78, 5) is 6.34. The van der Waals surface area contributed by atoms with Crippen LogP contribution in [0, 0.1) is 5.82 Å². The van der Waals surface area contributed by atoms with Gasteiger partial charge >= 0.3 is 0 Å². The van der Waals surface area contributed by atoms with Gasteiger partial charge in [0.1, 0.15) is 5.52 Å². The Morgan fingerprint density at radius 3 is 2.88 bits per heavy atom. The first-order valence-electron chi connectivity index (χ1n) is 5.45. The van der Waals surface area contributed by atoms with E-state index in [1.807, 2.05) is 4.90 Å². The van der Waals surface area contributed by atoms with Crippen molar-refractivity contribution in [1.29, 1.82) is 0 Å². The van der Waals surface area contributed by atoms with Gasteiger partial charge in [0.05, 0.1) is 0 Å². The molecule has 1 N–H and O–H groups in total. The molecule has 4 nitrogen and oxygen atoms in total. The van der Waals surface area contributed by atoms with Crippen LogP contribution in [-0.4, -0.2) is 31.2 Å². The van der Waals surface area contributed by atoms with Crippen LogP contribution in [0.25, 0.3) is 11.1 Å². The number of nitrogens with one attached hydrogen (secondary N) is 1. The number of piperazine rings is 1. The standard InChI is InChI=1S/C11H11BrFN3O/c12-7-5-8(13)10-9(6-7)15-11(17-10)16-3-1-14-2-4-16/h5-6,14H,1-4H2. The SMILES string of the molecule is Fc1cc(Br)cc2nc(N3CCNCC3)oc12.